The highest BCUT2D eigenvalue weighted by atomic mass is 16.5. The van der Waals surface area contributed by atoms with E-state index < -0.39 is 5.97 Å². The van der Waals surface area contributed by atoms with Gasteiger partial charge in [-0.25, -0.2) is 0 Å². The van der Waals surface area contributed by atoms with Crippen molar-refractivity contribution in [3.05, 3.63) is 65.7 Å². The molecule has 0 spiro atoms. The first-order valence-electron chi connectivity index (χ1n) is 7.87. The second-order valence-corrected chi connectivity index (χ2v) is 5.41. The summed E-state index contributed by atoms with van der Waals surface area (Å²) < 4.78 is 5.72. The summed E-state index contributed by atoms with van der Waals surface area (Å²) >= 11 is 0. The van der Waals surface area contributed by atoms with Crippen molar-refractivity contribution in [1.82, 2.24) is 5.32 Å². The van der Waals surface area contributed by atoms with Crippen LogP contribution in [0.4, 0.5) is 0 Å². The molecular weight excluding hydrogens is 306 g/mol. The molecule has 0 unspecified atom stereocenters. The van der Waals surface area contributed by atoms with Gasteiger partial charge in [0.25, 0.3) is 0 Å². The summed E-state index contributed by atoms with van der Waals surface area (Å²) in [4.78, 5) is 21.8. The number of carboxylic acids is 1. The quantitative estimate of drug-likeness (QED) is 0.742. The Labute approximate surface area is 141 Å². The largest absolute Gasteiger partial charge is 0.489 e. The first kappa shape index (κ1) is 17.5. The second-order valence-electron chi connectivity index (χ2n) is 5.41. The van der Waals surface area contributed by atoms with Crippen molar-refractivity contribution in [2.75, 3.05) is 6.54 Å². The van der Waals surface area contributed by atoms with Crippen LogP contribution in [0.3, 0.4) is 0 Å². The molecule has 126 valence electrons. The lowest BCUT2D eigenvalue weighted by Gasteiger charge is -2.08. The highest BCUT2D eigenvalue weighted by Gasteiger charge is 2.04. The van der Waals surface area contributed by atoms with Crippen molar-refractivity contribution >= 4 is 11.9 Å². The molecule has 2 N–H and O–H groups in total. The van der Waals surface area contributed by atoms with Crippen molar-refractivity contribution in [3.63, 3.8) is 0 Å². The number of carbonyl (C=O) groups excluding carboxylic acids is 1. The zero-order chi connectivity index (χ0) is 17.2. The number of carbonyl (C=O) groups is 2. The standard InChI is InChI=1S/C19H21NO4/c21-18(10-11-19(22)23)20-13-12-15-6-8-17(9-7-15)24-14-16-4-2-1-3-5-16/h1-9H,10-14H2,(H,20,21)(H,22,23). The van der Waals surface area contributed by atoms with E-state index in [2.05, 4.69) is 5.32 Å². The first-order chi connectivity index (χ1) is 11.6. The van der Waals surface area contributed by atoms with Crippen molar-refractivity contribution in [2.45, 2.75) is 25.9 Å². The van der Waals surface area contributed by atoms with Crippen LogP contribution in [-0.4, -0.2) is 23.5 Å². The average molecular weight is 327 g/mol. The summed E-state index contributed by atoms with van der Waals surface area (Å²) in [7, 11) is 0. The summed E-state index contributed by atoms with van der Waals surface area (Å²) in [5.41, 5.74) is 2.20. The lowest BCUT2D eigenvalue weighted by Crippen LogP contribution is -2.25. The minimum absolute atomic E-state index is 0.0155. The van der Waals surface area contributed by atoms with Crippen molar-refractivity contribution in [3.8, 4) is 5.75 Å². The van der Waals surface area contributed by atoms with E-state index in [4.69, 9.17) is 9.84 Å². The Hall–Kier alpha value is -2.82. The van der Waals surface area contributed by atoms with Crippen LogP contribution in [0, 0.1) is 0 Å². The molecule has 24 heavy (non-hydrogen) atoms. The average Bonchev–Trinajstić information content (AvgIpc) is 2.60. The second kappa shape index (κ2) is 9.35. The molecule has 5 heteroatoms. The SMILES string of the molecule is O=C(O)CCC(=O)NCCc1ccc(OCc2ccccc2)cc1. The van der Waals surface area contributed by atoms with Crippen molar-refractivity contribution in [1.29, 1.82) is 0 Å². The maximum absolute atomic E-state index is 11.4. The van der Waals surface area contributed by atoms with E-state index in [1.807, 2.05) is 54.6 Å². The first-order valence-corrected chi connectivity index (χ1v) is 7.87. The molecule has 5 nitrogen and oxygen atoms in total. The third-order valence-corrected chi connectivity index (χ3v) is 3.47. The normalized spacial score (nSPS) is 10.2. The molecule has 2 aromatic carbocycles. The molecule has 0 aliphatic heterocycles. The zero-order valence-corrected chi connectivity index (χ0v) is 13.4. The number of rotatable bonds is 9. The zero-order valence-electron chi connectivity index (χ0n) is 13.4. The summed E-state index contributed by atoms with van der Waals surface area (Å²) in [6, 6.07) is 17.7. The number of benzene rings is 2. The van der Waals surface area contributed by atoms with Gasteiger partial charge >= 0.3 is 5.97 Å². The van der Waals surface area contributed by atoms with Crippen LogP contribution in [0.5, 0.6) is 5.75 Å². The van der Waals surface area contributed by atoms with Gasteiger partial charge < -0.3 is 15.2 Å². The fourth-order valence-electron chi connectivity index (χ4n) is 2.15. The van der Waals surface area contributed by atoms with Gasteiger partial charge in [0.15, 0.2) is 0 Å². The van der Waals surface area contributed by atoms with Crippen LogP contribution in [-0.2, 0) is 22.6 Å². The van der Waals surface area contributed by atoms with Gasteiger partial charge in [-0.05, 0) is 29.7 Å². The molecule has 0 radical (unpaired) electrons. The third-order valence-electron chi connectivity index (χ3n) is 3.47. The molecule has 2 rings (SSSR count). The Morgan fingerprint density at radius 1 is 0.917 bits per heavy atom. The maximum atomic E-state index is 11.4. The summed E-state index contributed by atoms with van der Waals surface area (Å²) in [6.07, 6.45) is 0.568. The van der Waals surface area contributed by atoms with Crippen LogP contribution in [0.1, 0.15) is 24.0 Å². The molecule has 0 aliphatic rings. The van der Waals surface area contributed by atoms with Gasteiger partial charge in [-0.15, -0.1) is 0 Å². The molecule has 0 heterocycles. The van der Waals surface area contributed by atoms with Gasteiger partial charge in [0.1, 0.15) is 12.4 Å². The monoisotopic (exact) mass is 327 g/mol. The number of nitrogens with one attached hydrogen (secondary N) is 1. The third kappa shape index (κ3) is 6.52. The van der Waals surface area contributed by atoms with Crippen molar-refractivity contribution in [2.24, 2.45) is 0 Å². The topological polar surface area (TPSA) is 75.6 Å². The fourth-order valence-corrected chi connectivity index (χ4v) is 2.15. The number of ether oxygens (including phenoxy) is 1. The lowest BCUT2D eigenvalue weighted by atomic mass is 10.1. The maximum Gasteiger partial charge on any atom is 0.303 e. The van der Waals surface area contributed by atoms with Gasteiger partial charge in [-0.1, -0.05) is 42.5 Å². The van der Waals surface area contributed by atoms with Gasteiger partial charge in [0.2, 0.25) is 5.91 Å². The van der Waals surface area contributed by atoms with E-state index in [-0.39, 0.29) is 18.7 Å². The Balaban J connectivity index is 1.70. The Bertz CT molecular complexity index is 653. The molecular formula is C19H21NO4. The Morgan fingerprint density at radius 3 is 2.29 bits per heavy atom. The fraction of sp³-hybridized carbons (Fsp3) is 0.263. The van der Waals surface area contributed by atoms with Crippen LogP contribution in [0.2, 0.25) is 0 Å². The summed E-state index contributed by atoms with van der Waals surface area (Å²) in [6.45, 7) is 1.02. The number of carboxylic acid groups (broad SMARTS) is 1. The summed E-state index contributed by atoms with van der Waals surface area (Å²) in [5, 5.41) is 11.2. The highest BCUT2D eigenvalue weighted by molar-refractivity contribution is 5.80. The van der Waals surface area contributed by atoms with Gasteiger partial charge in [-0.2, -0.15) is 0 Å². The van der Waals surface area contributed by atoms with Gasteiger partial charge in [0, 0.05) is 13.0 Å². The number of hydrogen-bond donors (Lipinski definition) is 2. The molecule has 0 atom stereocenters. The number of amides is 1. The molecule has 0 saturated carbocycles. The van der Waals surface area contributed by atoms with E-state index in [1.165, 1.54) is 0 Å². The van der Waals surface area contributed by atoms with Crippen LogP contribution in [0.25, 0.3) is 0 Å². The molecule has 1 amide bonds. The van der Waals surface area contributed by atoms with Gasteiger partial charge in [-0.3, -0.25) is 9.59 Å². The van der Waals surface area contributed by atoms with Crippen LogP contribution >= 0.6 is 0 Å². The molecule has 0 aromatic heterocycles. The Kier molecular flexibility index (Phi) is 6.83. The molecule has 0 bridgehead atoms. The van der Waals surface area contributed by atoms with E-state index in [0.717, 1.165) is 16.9 Å². The number of aliphatic carboxylic acids is 1. The predicted molar refractivity (Wildman–Crippen MR) is 90.8 cm³/mol. The summed E-state index contributed by atoms with van der Waals surface area (Å²) in [5.74, 6) is -0.399. The van der Waals surface area contributed by atoms with E-state index in [1.54, 1.807) is 0 Å². The van der Waals surface area contributed by atoms with E-state index >= 15 is 0 Å². The number of hydrogen-bond acceptors (Lipinski definition) is 3. The predicted octanol–water partition coefficient (Wildman–Crippen LogP) is 2.79. The molecule has 0 saturated heterocycles. The van der Waals surface area contributed by atoms with E-state index in [9.17, 15) is 9.59 Å². The molecule has 0 aliphatic carbocycles. The Morgan fingerprint density at radius 2 is 1.62 bits per heavy atom. The molecule has 0 fully saturated rings. The lowest BCUT2D eigenvalue weighted by molar-refractivity contribution is -0.138. The van der Waals surface area contributed by atoms with Crippen LogP contribution < -0.4 is 10.1 Å². The van der Waals surface area contributed by atoms with Crippen molar-refractivity contribution < 1.29 is 19.4 Å². The minimum Gasteiger partial charge on any atom is -0.489 e. The van der Waals surface area contributed by atoms with Crippen LogP contribution in [0.15, 0.2) is 54.6 Å². The minimum atomic E-state index is -0.962. The van der Waals surface area contributed by atoms with Gasteiger partial charge in [0.05, 0.1) is 6.42 Å². The van der Waals surface area contributed by atoms with E-state index in [0.29, 0.717) is 19.6 Å². The molecule has 2 aromatic rings. The highest BCUT2D eigenvalue weighted by Crippen LogP contribution is 2.14. The smallest absolute Gasteiger partial charge is 0.303 e.